The molecule has 108 valence electrons. The first-order valence-electron chi connectivity index (χ1n) is 5.53. The minimum Gasteiger partial charge on any atom is -0.356 e. The first-order valence-corrected chi connectivity index (χ1v) is 5.53. The first kappa shape index (κ1) is 14.0. The Morgan fingerprint density at radius 2 is 2.10 bits per heavy atom. The fourth-order valence-electron chi connectivity index (χ4n) is 1.68. The van der Waals surface area contributed by atoms with Crippen molar-refractivity contribution in [2.24, 2.45) is 0 Å². The van der Waals surface area contributed by atoms with E-state index in [0.717, 1.165) is 5.56 Å². The number of H-pyrrole nitrogens is 1. The van der Waals surface area contributed by atoms with Gasteiger partial charge in [-0.1, -0.05) is 6.07 Å². The van der Waals surface area contributed by atoms with Crippen molar-refractivity contribution in [3.8, 4) is 11.4 Å². The van der Waals surface area contributed by atoms with Crippen LogP contribution in [-0.4, -0.2) is 35.1 Å². The van der Waals surface area contributed by atoms with Crippen LogP contribution < -0.4 is 5.56 Å². The van der Waals surface area contributed by atoms with Gasteiger partial charge in [0, 0.05) is 12.4 Å². The highest BCUT2D eigenvalue weighted by Crippen LogP contribution is 2.09. The van der Waals surface area contributed by atoms with E-state index in [-0.39, 0.29) is 11.4 Å². The minimum absolute atomic E-state index is 0.208. The molecule has 0 amide bonds. The van der Waals surface area contributed by atoms with Gasteiger partial charge in [0.15, 0.2) is 0 Å². The number of aromatic nitrogens is 6. The molecule has 3 aromatic rings. The Balaban J connectivity index is 0.000000361. The molecular formula is C10H8N7O4-. The summed E-state index contributed by atoms with van der Waals surface area (Å²) in [6.45, 7) is 1.90. The lowest BCUT2D eigenvalue weighted by Gasteiger charge is -2.03. The first-order chi connectivity index (χ1) is 10.0. The highest BCUT2D eigenvalue weighted by atomic mass is 16.9. The Labute approximate surface area is 116 Å². The van der Waals surface area contributed by atoms with Gasteiger partial charge in [0.05, 0.1) is 5.09 Å². The van der Waals surface area contributed by atoms with E-state index in [1.54, 1.807) is 12.3 Å². The van der Waals surface area contributed by atoms with Crippen LogP contribution in [0.1, 0.15) is 5.56 Å². The van der Waals surface area contributed by atoms with E-state index in [9.17, 15) is 4.79 Å². The van der Waals surface area contributed by atoms with Crippen LogP contribution in [0, 0.1) is 22.2 Å². The summed E-state index contributed by atoms with van der Waals surface area (Å²) in [6.07, 6.45) is 3.14. The van der Waals surface area contributed by atoms with Crippen molar-refractivity contribution >= 4 is 5.65 Å². The molecule has 0 atom stereocenters. The zero-order valence-corrected chi connectivity index (χ0v) is 10.6. The summed E-state index contributed by atoms with van der Waals surface area (Å²) in [5.41, 5.74) is 1.68. The molecule has 3 rings (SSSR count). The summed E-state index contributed by atoms with van der Waals surface area (Å²) in [5.74, 6) is 0.249. The SMILES string of the molecule is Cc1cccn2c(=O)c(-c3nn[nH]n3)cnc12.O=[N+]([O-])[O-]. The molecule has 0 unspecified atom stereocenters. The summed E-state index contributed by atoms with van der Waals surface area (Å²) in [5, 5.41) is 28.0. The molecule has 0 saturated heterocycles. The quantitative estimate of drug-likeness (QED) is 0.482. The maximum Gasteiger partial charge on any atom is 0.269 e. The third-order valence-corrected chi connectivity index (χ3v) is 2.51. The molecule has 0 bridgehead atoms. The van der Waals surface area contributed by atoms with E-state index >= 15 is 0 Å². The highest BCUT2D eigenvalue weighted by molar-refractivity contribution is 5.55. The molecule has 11 nitrogen and oxygen atoms in total. The van der Waals surface area contributed by atoms with Gasteiger partial charge in [-0.2, -0.15) is 5.21 Å². The van der Waals surface area contributed by atoms with Gasteiger partial charge in [0.2, 0.25) is 5.82 Å². The topological polar surface area (TPSA) is 155 Å². The van der Waals surface area contributed by atoms with E-state index in [1.807, 2.05) is 13.0 Å². The van der Waals surface area contributed by atoms with Gasteiger partial charge in [-0.15, -0.1) is 10.2 Å². The van der Waals surface area contributed by atoms with Crippen LogP contribution >= 0.6 is 0 Å². The van der Waals surface area contributed by atoms with E-state index in [2.05, 4.69) is 25.6 Å². The Hall–Kier alpha value is -3.37. The molecule has 0 saturated carbocycles. The molecule has 3 aromatic heterocycles. The Kier molecular flexibility index (Phi) is 3.83. The summed E-state index contributed by atoms with van der Waals surface area (Å²) in [7, 11) is 0. The summed E-state index contributed by atoms with van der Waals surface area (Å²) >= 11 is 0. The van der Waals surface area contributed by atoms with Gasteiger partial charge in [-0.05, 0) is 23.8 Å². The number of hydrogen-bond acceptors (Lipinski definition) is 8. The lowest BCUT2D eigenvalue weighted by atomic mass is 10.2. The number of aromatic amines is 1. The molecular weight excluding hydrogens is 282 g/mol. The van der Waals surface area contributed by atoms with Crippen LogP contribution in [0.3, 0.4) is 0 Å². The van der Waals surface area contributed by atoms with E-state index in [4.69, 9.17) is 15.3 Å². The molecule has 0 aliphatic heterocycles. The van der Waals surface area contributed by atoms with Gasteiger partial charge < -0.3 is 15.3 Å². The predicted molar refractivity (Wildman–Crippen MR) is 69.7 cm³/mol. The van der Waals surface area contributed by atoms with E-state index < -0.39 is 5.09 Å². The molecule has 0 fully saturated rings. The van der Waals surface area contributed by atoms with Crippen LogP contribution in [-0.2, 0) is 0 Å². The Morgan fingerprint density at radius 1 is 1.38 bits per heavy atom. The zero-order valence-electron chi connectivity index (χ0n) is 10.6. The molecule has 0 spiro atoms. The van der Waals surface area contributed by atoms with Crippen molar-refractivity contribution in [1.82, 2.24) is 30.0 Å². The molecule has 0 aliphatic rings. The standard InChI is InChI=1S/C10H8N6O.NO3/c1-6-3-2-4-16-9(6)11-5-7(10(16)17)8-12-14-15-13-8;2-1(3)4/h2-5H,1H3,(H,12,13,14,15);/q;-1. The maximum absolute atomic E-state index is 12.2. The number of aryl methyl sites for hydroxylation is 1. The molecule has 21 heavy (non-hydrogen) atoms. The fraction of sp³-hybridized carbons (Fsp3) is 0.100. The lowest BCUT2D eigenvalue weighted by Crippen LogP contribution is -2.17. The largest absolute Gasteiger partial charge is 0.356 e. The maximum atomic E-state index is 12.2. The van der Waals surface area contributed by atoms with Crippen LogP contribution in [0.15, 0.2) is 29.3 Å². The normalized spacial score (nSPS) is 9.95. The summed E-state index contributed by atoms with van der Waals surface area (Å²) in [6, 6.07) is 3.70. The van der Waals surface area contributed by atoms with Crippen LogP contribution in [0.2, 0.25) is 0 Å². The summed E-state index contributed by atoms with van der Waals surface area (Å²) < 4.78 is 1.47. The fourth-order valence-corrected chi connectivity index (χ4v) is 1.68. The van der Waals surface area contributed by atoms with Gasteiger partial charge >= 0.3 is 0 Å². The smallest absolute Gasteiger partial charge is 0.269 e. The lowest BCUT2D eigenvalue weighted by molar-refractivity contribution is -0.402. The van der Waals surface area contributed by atoms with Crippen LogP contribution in [0.5, 0.6) is 0 Å². The molecule has 0 aromatic carbocycles. The number of nitrogens with one attached hydrogen (secondary N) is 1. The minimum atomic E-state index is -1.75. The number of rotatable bonds is 1. The average molecular weight is 290 g/mol. The number of pyridine rings is 1. The zero-order chi connectivity index (χ0) is 15.4. The third-order valence-electron chi connectivity index (χ3n) is 2.51. The van der Waals surface area contributed by atoms with Crippen molar-refractivity contribution in [2.75, 3.05) is 0 Å². The predicted octanol–water partition coefficient (Wildman–Crippen LogP) is -0.0561. The third kappa shape index (κ3) is 2.97. The van der Waals surface area contributed by atoms with Crippen molar-refractivity contribution in [2.45, 2.75) is 6.92 Å². The van der Waals surface area contributed by atoms with Crippen molar-refractivity contribution < 1.29 is 5.09 Å². The number of tetrazole rings is 1. The second-order valence-corrected chi connectivity index (χ2v) is 3.82. The molecule has 0 aliphatic carbocycles. The summed E-state index contributed by atoms with van der Waals surface area (Å²) in [4.78, 5) is 24.7. The van der Waals surface area contributed by atoms with Gasteiger partial charge in [0.1, 0.15) is 11.2 Å². The van der Waals surface area contributed by atoms with Crippen LogP contribution in [0.4, 0.5) is 0 Å². The molecule has 11 heteroatoms. The molecule has 3 heterocycles. The number of hydrogen-bond donors (Lipinski definition) is 1. The van der Waals surface area contributed by atoms with Crippen molar-refractivity contribution in [3.05, 3.63) is 55.8 Å². The van der Waals surface area contributed by atoms with E-state index in [0.29, 0.717) is 11.2 Å². The Morgan fingerprint density at radius 3 is 2.71 bits per heavy atom. The van der Waals surface area contributed by atoms with E-state index in [1.165, 1.54) is 10.6 Å². The average Bonchev–Trinajstić information content (AvgIpc) is 2.93. The van der Waals surface area contributed by atoms with Crippen molar-refractivity contribution in [3.63, 3.8) is 0 Å². The van der Waals surface area contributed by atoms with Gasteiger partial charge in [-0.25, -0.2) is 4.98 Å². The van der Waals surface area contributed by atoms with Gasteiger partial charge in [0.25, 0.3) is 5.56 Å². The second-order valence-electron chi connectivity index (χ2n) is 3.82. The molecule has 0 radical (unpaired) electrons. The second kappa shape index (κ2) is 5.73. The number of fused-ring (bicyclic) bond motifs is 1. The van der Waals surface area contributed by atoms with Gasteiger partial charge in [-0.3, -0.25) is 9.20 Å². The number of nitrogens with zero attached hydrogens (tertiary/aromatic N) is 6. The van der Waals surface area contributed by atoms with Crippen molar-refractivity contribution in [1.29, 1.82) is 0 Å². The Bertz CT molecular complexity index is 823. The van der Waals surface area contributed by atoms with Crippen LogP contribution in [0.25, 0.3) is 17.0 Å². The highest BCUT2D eigenvalue weighted by Gasteiger charge is 2.11. The molecule has 1 N–H and O–H groups in total. The monoisotopic (exact) mass is 290 g/mol.